The highest BCUT2D eigenvalue weighted by atomic mass is 35.5. The van der Waals surface area contributed by atoms with Gasteiger partial charge in [0, 0.05) is 38.6 Å². The van der Waals surface area contributed by atoms with Crippen molar-refractivity contribution in [3.8, 4) is 0 Å². The Bertz CT molecular complexity index is 591. The van der Waals surface area contributed by atoms with Crippen LogP contribution in [0.3, 0.4) is 0 Å². The van der Waals surface area contributed by atoms with Crippen LogP contribution in [-0.2, 0) is 19.0 Å². The molecule has 2 aliphatic carbocycles. The summed E-state index contributed by atoms with van der Waals surface area (Å²) in [6.07, 6.45) is 1.74. The molecule has 0 bridgehead atoms. The Kier molecular flexibility index (Phi) is 5.36. The first-order valence-corrected chi connectivity index (χ1v) is 10.6. The average Bonchev–Trinajstić information content (AvgIpc) is 2.96. The van der Waals surface area contributed by atoms with Gasteiger partial charge in [-0.1, -0.05) is 6.92 Å². The Morgan fingerprint density at radius 1 is 1.19 bits per heavy atom. The molecule has 4 fully saturated rings. The summed E-state index contributed by atoms with van der Waals surface area (Å²) in [4.78, 5) is 13.9. The van der Waals surface area contributed by atoms with Crippen LogP contribution >= 0.6 is 11.6 Å². The zero-order valence-electron chi connectivity index (χ0n) is 16.6. The summed E-state index contributed by atoms with van der Waals surface area (Å²) >= 11 is 6.73. The number of aliphatic hydroxyl groups is 1. The molecule has 0 aromatic rings. The minimum atomic E-state index is -0.958. The van der Waals surface area contributed by atoms with Gasteiger partial charge in [0.05, 0.1) is 35.7 Å². The summed E-state index contributed by atoms with van der Waals surface area (Å²) in [5.74, 6) is -0.363. The molecule has 2 saturated carbocycles. The summed E-state index contributed by atoms with van der Waals surface area (Å²) in [5.41, 5.74) is -0.958. The minimum Gasteiger partial charge on any atom is -0.393 e. The number of Topliss-reactive ketones (excluding diaryl/α,β-unsaturated/α-hetero) is 1. The van der Waals surface area contributed by atoms with Crippen LogP contribution < -0.4 is 5.32 Å². The van der Waals surface area contributed by atoms with Gasteiger partial charge in [0.25, 0.3) is 0 Å². The number of aliphatic hydroxyl groups excluding tert-OH is 1. The monoisotopic (exact) mass is 401 g/mol. The highest BCUT2D eigenvalue weighted by Crippen LogP contribution is 2.53. The number of nitrogens with one attached hydrogen (secondary N) is 1. The molecule has 0 aromatic carbocycles. The van der Waals surface area contributed by atoms with Crippen molar-refractivity contribution >= 4 is 17.4 Å². The zero-order chi connectivity index (χ0) is 19.5. The quantitative estimate of drug-likeness (QED) is 0.683. The van der Waals surface area contributed by atoms with E-state index in [1.54, 1.807) is 14.2 Å². The van der Waals surface area contributed by atoms with Crippen molar-refractivity contribution in [3.05, 3.63) is 0 Å². The van der Waals surface area contributed by atoms with Gasteiger partial charge in [0.15, 0.2) is 5.78 Å². The van der Waals surface area contributed by atoms with Gasteiger partial charge in [0.1, 0.15) is 5.60 Å². The number of fused-ring (bicyclic) bond motifs is 3. The number of carbonyl (C=O) groups is 1. The Balaban J connectivity index is 1.74. The first kappa shape index (κ1) is 20.0. The number of hydrogen-bond acceptors (Lipinski definition) is 6. The number of ether oxygens (including phenoxy) is 3. The van der Waals surface area contributed by atoms with E-state index >= 15 is 0 Å². The van der Waals surface area contributed by atoms with Crippen LogP contribution in [0, 0.1) is 17.8 Å². The summed E-state index contributed by atoms with van der Waals surface area (Å²) < 4.78 is 17.9. The van der Waals surface area contributed by atoms with E-state index < -0.39 is 23.2 Å². The van der Waals surface area contributed by atoms with Crippen LogP contribution in [0.2, 0.25) is 0 Å². The molecule has 8 unspecified atom stereocenters. The van der Waals surface area contributed by atoms with Gasteiger partial charge in [-0.25, -0.2) is 0 Å². The predicted octanol–water partition coefficient (Wildman–Crippen LogP) is 1.51. The van der Waals surface area contributed by atoms with Gasteiger partial charge in [-0.05, 0) is 32.1 Å². The molecule has 4 aliphatic rings. The summed E-state index contributed by atoms with van der Waals surface area (Å²) in [6.45, 7) is 4.15. The lowest BCUT2D eigenvalue weighted by atomic mass is 9.60. The predicted molar refractivity (Wildman–Crippen MR) is 101 cm³/mol. The van der Waals surface area contributed by atoms with Crippen LogP contribution in [0.15, 0.2) is 0 Å². The summed E-state index contributed by atoms with van der Waals surface area (Å²) in [6, 6.07) is 0.0943. The number of piperidine rings is 1. The second-order valence-electron chi connectivity index (χ2n) is 8.98. The number of rotatable bonds is 2. The van der Waals surface area contributed by atoms with E-state index in [-0.39, 0.29) is 47.8 Å². The maximum Gasteiger partial charge on any atom is 0.174 e. The second-order valence-corrected chi connectivity index (χ2v) is 9.49. The van der Waals surface area contributed by atoms with Crippen molar-refractivity contribution in [2.24, 2.45) is 17.8 Å². The average molecular weight is 402 g/mol. The third-order valence-electron chi connectivity index (χ3n) is 7.62. The Labute approximate surface area is 166 Å². The van der Waals surface area contributed by atoms with Crippen molar-refractivity contribution in [1.29, 1.82) is 0 Å². The number of carbonyl (C=O) groups excluding carboxylic acids is 1. The molecule has 6 nitrogen and oxygen atoms in total. The van der Waals surface area contributed by atoms with E-state index in [2.05, 4.69) is 12.2 Å². The third-order valence-corrected chi connectivity index (χ3v) is 8.15. The van der Waals surface area contributed by atoms with E-state index in [0.717, 1.165) is 12.8 Å². The molecule has 0 aromatic heterocycles. The lowest BCUT2D eigenvalue weighted by molar-refractivity contribution is -0.179. The molecule has 0 amide bonds. The maximum atomic E-state index is 13.9. The maximum absolute atomic E-state index is 13.9. The molecule has 154 valence electrons. The third kappa shape index (κ3) is 2.82. The SMILES string of the molecule is COC1CC(OC)C2C(=O)[C@@]3(OC2C1Cl)C1NC(C)CCC1[C@H](O)C[C@H]3C. The summed E-state index contributed by atoms with van der Waals surface area (Å²) in [7, 11) is 3.28. The van der Waals surface area contributed by atoms with Gasteiger partial charge < -0.3 is 24.6 Å². The van der Waals surface area contributed by atoms with Crippen LogP contribution in [0.1, 0.15) is 39.5 Å². The molecule has 2 saturated heterocycles. The van der Waals surface area contributed by atoms with Gasteiger partial charge in [-0.3, -0.25) is 4.79 Å². The lowest BCUT2D eigenvalue weighted by Gasteiger charge is -2.53. The van der Waals surface area contributed by atoms with Crippen molar-refractivity contribution in [2.45, 2.75) is 87.0 Å². The fourth-order valence-corrected chi connectivity index (χ4v) is 6.59. The molecule has 2 N–H and O–H groups in total. The largest absolute Gasteiger partial charge is 0.393 e. The minimum absolute atomic E-state index is 0.0227. The summed E-state index contributed by atoms with van der Waals surface area (Å²) in [5, 5.41) is 13.9. The Morgan fingerprint density at radius 3 is 2.56 bits per heavy atom. The molecule has 0 radical (unpaired) electrons. The number of methoxy groups -OCH3 is 2. The van der Waals surface area contributed by atoms with Crippen LogP contribution in [0.5, 0.6) is 0 Å². The number of halogens is 1. The molecule has 11 atom stereocenters. The fraction of sp³-hybridized carbons (Fsp3) is 0.950. The molecular weight excluding hydrogens is 370 g/mol. The van der Waals surface area contributed by atoms with Crippen LogP contribution in [-0.4, -0.2) is 72.6 Å². The number of alkyl halides is 1. The molecule has 2 heterocycles. The highest BCUT2D eigenvalue weighted by Gasteiger charge is 2.69. The van der Waals surface area contributed by atoms with Gasteiger partial charge in [-0.2, -0.15) is 0 Å². The normalized spacial score (nSPS) is 55.4. The molecular formula is C20H32ClNO5. The Morgan fingerprint density at radius 2 is 1.89 bits per heavy atom. The van der Waals surface area contributed by atoms with Gasteiger partial charge in [0.2, 0.25) is 0 Å². The van der Waals surface area contributed by atoms with Crippen LogP contribution in [0.25, 0.3) is 0 Å². The topological polar surface area (TPSA) is 77.0 Å². The van der Waals surface area contributed by atoms with Gasteiger partial charge >= 0.3 is 0 Å². The molecule has 1 spiro atoms. The van der Waals surface area contributed by atoms with Crippen molar-refractivity contribution in [1.82, 2.24) is 5.32 Å². The van der Waals surface area contributed by atoms with E-state index in [1.165, 1.54) is 0 Å². The zero-order valence-corrected chi connectivity index (χ0v) is 17.3. The van der Waals surface area contributed by atoms with E-state index in [0.29, 0.717) is 12.8 Å². The first-order chi connectivity index (χ1) is 12.8. The fourth-order valence-electron chi connectivity index (χ4n) is 6.18. The van der Waals surface area contributed by atoms with Crippen molar-refractivity contribution in [3.63, 3.8) is 0 Å². The molecule has 27 heavy (non-hydrogen) atoms. The van der Waals surface area contributed by atoms with Crippen molar-refractivity contribution < 1.29 is 24.1 Å². The Hall–Kier alpha value is -0.240. The molecule has 4 rings (SSSR count). The lowest BCUT2D eigenvalue weighted by Crippen LogP contribution is -2.70. The molecule has 2 aliphatic heterocycles. The van der Waals surface area contributed by atoms with E-state index in [1.807, 2.05) is 6.92 Å². The highest BCUT2D eigenvalue weighted by molar-refractivity contribution is 6.22. The van der Waals surface area contributed by atoms with Gasteiger partial charge in [-0.15, -0.1) is 11.6 Å². The van der Waals surface area contributed by atoms with Crippen LogP contribution in [0.4, 0.5) is 0 Å². The van der Waals surface area contributed by atoms with E-state index in [4.69, 9.17) is 25.8 Å². The first-order valence-electron chi connectivity index (χ1n) is 10.2. The number of hydrogen-bond donors (Lipinski definition) is 2. The number of ketones is 1. The smallest absolute Gasteiger partial charge is 0.174 e. The van der Waals surface area contributed by atoms with E-state index in [9.17, 15) is 9.90 Å². The standard InChI is InChI=1S/C20H32ClNO5/c1-9-7-12(23)11-6-5-10(2)22-18(11)20(9)19(24)15-13(25-3)8-14(26-4)16(21)17(15)27-20/h9-18,22-23H,5-8H2,1-4H3/t9-,10?,11?,12-,13?,14?,15?,16?,17?,18?,20+/m1/s1. The molecule has 7 heteroatoms. The van der Waals surface area contributed by atoms with Crippen molar-refractivity contribution in [2.75, 3.05) is 14.2 Å². The second kappa shape index (κ2) is 7.22.